The summed E-state index contributed by atoms with van der Waals surface area (Å²) < 4.78 is 33.9. The molecular weight excluding hydrogens is 495 g/mol. The summed E-state index contributed by atoms with van der Waals surface area (Å²) in [7, 11) is 0. The number of fused-ring (bicyclic) bond motifs is 3. The Morgan fingerprint density at radius 1 is 1.00 bits per heavy atom. The van der Waals surface area contributed by atoms with Crippen molar-refractivity contribution in [1.82, 2.24) is 4.98 Å². The Bertz CT molecular complexity index is 1540. The Labute approximate surface area is 233 Å². The Hall–Kier alpha value is -2.87. The van der Waals surface area contributed by atoms with Gasteiger partial charge in [0, 0.05) is 10.9 Å². The summed E-state index contributed by atoms with van der Waals surface area (Å²) >= 11 is 5.88. The fourth-order valence-corrected chi connectivity index (χ4v) is 4.27. The van der Waals surface area contributed by atoms with Gasteiger partial charge >= 0.3 is 29.6 Å². The van der Waals surface area contributed by atoms with Crippen molar-refractivity contribution < 1.29 is 53.0 Å². The first kappa shape index (κ1) is 26.2. The Balaban J connectivity index is 0.00000304. The summed E-state index contributed by atoms with van der Waals surface area (Å²) in [5.41, 5.74) is 4.37. The zero-order chi connectivity index (χ0) is 24.5. The summed E-state index contributed by atoms with van der Waals surface area (Å²) in [4.78, 5) is 15.6. The number of hydrogen-bond donors (Lipinski definition) is 0. The topological polar surface area (TPSA) is 62.2 Å². The maximum Gasteiger partial charge on any atom is 1.00 e. The third-order valence-electron chi connectivity index (χ3n) is 5.76. The average molecular weight is 512 g/mol. The van der Waals surface area contributed by atoms with Crippen LogP contribution in [0.5, 0.6) is 0 Å². The molecule has 1 atom stereocenters. The molecular formula is C28H17ClF2NNaO3. The van der Waals surface area contributed by atoms with Gasteiger partial charge in [-0.3, -0.25) is 0 Å². The number of ether oxygens (including phenoxy) is 1. The molecule has 1 aliphatic rings. The molecule has 36 heavy (non-hydrogen) atoms. The summed E-state index contributed by atoms with van der Waals surface area (Å²) in [6.45, 7) is -0.635. The normalized spacial score (nSPS) is 14.2. The third-order valence-corrected chi connectivity index (χ3v) is 6.05. The number of carbonyl (C=O) groups excluding carboxylic acids is 1. The molecule has 0 radical (unpaired) electrons. The molecule has 1 aliphatic carbocycles. The summed E-state index contributed by atoms with van der Waals surface area (Å²) in [5.74, 6) is -2.28. The van der Waals surface area contributed by atoms with Gasteiger partial charge in [-0.1, -0.05) is 60.2 Å². The second-order valence-electron chi connectivity index (χ2n) is 8.06. The van der Waals surface area contributed by atoms with Gasteiger partial charge in [0.15, 0.2) is 0 Å². The van der Waals surface area contributed by atoms with E-state index in [1.54, 1.807) is 42.5 Å². The molecule has 8 heteroatoms. The summed E-state index contributed by atoms with van der Waals surface area (Å²) in [6, 6.07) is 16.6. The molecule has 0 N–H and O–H groups in total. The molecule has 1 unspecified atom stereocenters. The minimum atomic E-state index is -1.36. The molecule has 174 valence electrons. The predicted molar refractivity (Wildman–Crippen MR) is 130 cm³/mol. The smallest absolute Gasteiger partial charge is 0.548 e. The Kier molecular flexibility index (Phi) is 8.03. The molecule has 1 aromatic heterocycles. The number of benzene rings is 3. The number of hydrogen-bond acceptors (Lipinski definition) is 4. The van der Waals surface area contributed by atoms with Crippen LogP contribution in [0.25, 0.3) is 35.2 Å². The molecule has 0 saturated carbocycles. The van der Waals surface area contributed by atoms with Crippen LogP contribution in [0.4, 0.5) is 8.78 Å². The van der Waals surface area contributed by atoms with Gasteiger partial charge in [-0.25, -0.2) is 13.8 Å². The number of halogens is 3. The van der Waals surface area contributed by atoms with Crippen molar-refractivity contribution in [3.05, 3.63) is 111 Å². The second-order valence-corrected chi connectivity index (χ2v) is 8.46. The number of carbonyl (C=O) groups is 1. The van der Waals surface area contributed by atoms with Crippen LogP contribution < -0.4 is 34.7 Å². The number of aliphatic carboxylic acids is 1. The molecule has 3 aromatic carbocycles. The van der Waals surface area contributed by atoms with E-state index in [1.807, 2.05) is 24.3 Å². The van der Waals surface area contributed by atoms with Crippen molar-refractivity contribution in [2.75, 3.05) is 6.61 Å². The monoisotopic (exact) mass is 511 g/mol. The van der Waals surface area contributed by atoms with Crippen molar-refractivity contribution >= 4 is 52.8 Å². The first-order valence-electron chi connectivity index (χ1n) is 10.7. The Morgan fingerprint density at radius 3 is 2.64 bits per heavy atom. The number of carboxylic acids is 1. The van der Waals surface area contributed by atoms with E-state index < -0.39 is 30.3 Å². The van der Waals surface area contributed by atoms with Gasteiger partial charge in [0.2, 0.25) is 0 Å². The zero-order valence-corrected chi connectivity index (χ0v) is 21.9. The molecule has 1 heterocycles. The third kappa shape index (κ3) is 5.43. The molecule has 0 bridgehead atoms. The van der Waals surface area contributed by atoms with Crippen LogP contribution in [0.2, 0.25) is 5.02 Å². The maximum atomic E-state index is 14.5. The van der Waals surface area contributed by atoms with E-state index in [0.29, 0.717) is 33.3 Å². The number of aromatic nitrogens is 1. The molecule has 0 amide bonds. The first-order valence-corrected chi connectivity index (χ1v) is 11.1. The molecule has 0 fully saturated rings. The van der Waals surface area contributed by atoms with E-state index in [4.69, 9.17) is 16.3 Å². The van der Waals surface area contributed by atoms with E-state index in [9.17, 15) is 18.7 Å². The number of carboxylic acid groups (broad SMARTS) is 1. The Morgan fingerprint density at radius 2 is 1.83 bits per heavy atom. The molecule has 0 saturated heterocycles. The number of pyridine rings is 1. The minimum absolute atomic E-state index is 0. The van der Waals surface area contributed by atoms with Gasteiger partial charge < -0.3 is 14.6 Å². The van der Waals surface area contributed by atoms with Gasteiger partial charge in [0.05, 0.1) is 28.8 Å². The van der Waals surface area contributed by atoms with Crippen LogP contribution in [0.15, 0.2) is 60.7 Å². The van der Waals surface area contributed by atoms with E-state index in [0.717, 1.165) is 11.1 Å². The second kappa shape index (κ2) is 11.0. The van der Waals surface area contributed by atoms with Gasteiger partial charge in [-0.05, 0) is 58.7 Å². The number of rotatable bonds is 5. The molecule has 4 aromatic rings. The van der Waals surface area contributed by atoms with E-state index in [1.165, 1.54) is 18.2 Å². The molecule has 0 aliphatic heterocycles. The van der Waals surface area contributed by atoms with Crippen LogP contribution in [-0.4, -0.2) is 17.6 Å². The quantitative estimate of drug-likeness (QED) is 0.387. The fraction of sp³-hybridized carbons (Fsp3) is 0.0714. The van der Waals surface area contributed by atoms with Gasteiger partial charge in [0.1, 0.15) is 17.7 Å². The minimum Gasteiger partial charge on any atom is -0.548 e. The van der Waals surface area contributed by atoms with Crippen LogP contribution >= 0.6 is 11.6 Å². The van der Waals surface area contributed by atoms with Crippen molar-refractivity contribution in [2.24, 2.45) is 0 Å². The zero-order valence-electron chi connectivity index (χ0n) is 19.2. The van der Waals surface area contributed by atoms with Crippen LogP contribution in [0.3, 0.4) is 0 Å². The van der Waals surface area contributed by atoms with Crippen molar-refractivity contribution in [2.45, 2.75) is 6.10 Å². The molecule has 4 nitrogen and oxygen atoms in total. The first-order chi connectivity index (χ1) is 16.9. The van der Waals surface area contributed by atoms with Crippen molar-refractivity contribution in [3.8, 4) is 0 Å². The van der Waals surface area contributed by atoms with E-state index in [-0.39, 0.29) is 34.6 Å². The fourth-order valence-electron chi connectivity index (χ4n) is 4.11. The van der Waals surface area contributed by atoms with Gasteiger partial charge in [-0.2, -0.15) is 0 Å². The van der Waals surface area contributed by atoms with Crippen LogP contribution in [-0.2, 0) is 9.53 Å². The van der Waals surface area contributed by atoms with Crippen LogP contribution in [0, 0.1) is 11.6 Å². The van der Waals surface area contributed by atoms with E-state index in [2.05, 4.69) is 4.98 Å². The summed E-state index contributed by atoms with van der Waals surface area (Å²) in [5, 5.41) is 11.7. The number of nitrogens with zero attached hydrogens (tertiary/aromatic N) is 1. The summed E-state index contributed by atoms with van der Waals surface area (Å²) in [6.07, 6.45) is 6.29. The van der Waals surface area contributed by atoms with Gasteiger partial charge in [0.25, 0.3) is 0 Å². The molecule has 0 spiro atoms. The SMILES string of the molecule is O=C([O-])COC1c2cc(/C=C/c3ccc4cc(F)c(Cl)cc4n3)ccc2C=Cc2c(F)cccc21.[Na+]. The largest absolute Gasteiger partial charge is 1.00 e. The average Bonchev–Trinajstić information content (AvgIpc) is 2.99. The van der Waals surface area contributed by atoms with Gasteiger partial charge in [-0.15, -0.1) is 0 Å². The maximum absolute atomic E-state index is 14.5. The van der Waals surface area contributed by atoms with Crippen molar-refractivity contribution in [3.63, 3.8) is 0 Å². The van der Waals surface area contributed by atoms with Crippen molar-refractivity contribution in [1.29, 1.82) is 0 Å². The predicted octanol–water partition coefficient (Wildman–Crippen LogP) is 2.68. The van der Waals surface area contributed by atoms with E-state index >= 15 is 0 Å². The van der Waals surface area contributed by atoms with Crippen LogP contribution in [0.1, 0.15) is 39.6 Å². The molecule has 5 rings (SSSR count). The standard InChI is InChI=1S/C28H18ClF2NO3.Na/c29-23-14-26-18(13-25(23)31)7-10-19(32-26)9-5-16-4-6-17-8-11-20-21(2-1-3-24(20)30)28(22(17)12-16)35-15-27(33)34;/h1-14,28H,15H2,(H,33,34);/q;+1/p-1/b9-5+;.